The van der Waals surface area contributed by atoms with Crippen LogP contribution in [0.1, 0.15) is 34.8 Å². The molecule has 0 aliphatic heterocycles. The van der Waals surface area contributed by atoms with E-state index in [9.17, 15) is 9.18 Å². The molecule has 0 unspecified atom stereocenters. The Labute approximate surface area is 175 Å². The summed E-state index contributed by atoms with van der Waals surface area (Å²) < 4.78 is 24.8. The highest BCUT2D eigenvalue weighted by Crippen LogP contribution is 2.38. The van der Waals surface area contributed by atoms with E-state index in [4.69, 9.17) is 9.15 Å². The normalized spacial score (nSPS) is 11.1. The Morgan fingerprint density at radius 3 is 2.40 bits per heavy atom. The van der Waals surface area contributed by atoms with Crippen LogP contribution in [0.4, 0.5) is 4.39 Å². The summed E-state index contributed by atoms with van der Waals surface area (Å²) in [5, 5.41) is 0.757. The van der Waals surface area contributed by atoms with Crippen molar-refractivity contribution in [2.75, 3.05) is 7.11 Å². The Morgan fingerprint density at radius 1 is 1.03 bits per heavy atom. The van der Waals surface area contributed by atoms with E-state index in [1.807, 2.05) is 31.2 Å². The minimum Gasteiger partial charge on any atom is -0.496 e. The van der Waals surface area contributed by atoms with Crippen LogP contribution in [0.25, 0.3) is 33.4 Å². The van der Waals surface area contributed by atoms with Gasteiger partial charge in [0.1, 0.15) is 22.9 Å². The summed E-state index contributed by atoms with van der Waals surface area (Å²) in [5.41, 5.74) is 6.16. The monoisotopic (exact) mass is 402 g/mol. The van der Waals surface area contributed by atoms with Crippen molar-refractivity contribution in [3.8, 4) is 28.2 Å². The lowest BCUT2D eigenvalue weighted by Gasteiger charge is -2.12. The van der Waals surface area contributed by atoms with Crippen LogP contribution in [-0.2, 0) is 6.42 Å². The van der Waals surface area contributed by atoms with Gasteiger partial charge in [0.15, 0.2) is 6.29 Å². The lowest BCUT2D eigenvalue weighted by Crippen LogP contribution is -1.93. The Balaban J connectivity index is 1.94. The maximum Gasteiger partial charge on any atom is 0.154 e. The zero-order valence-corrected chi connectivity index (χ0v) is 17.3. The fourth-order valence-electron chi connectivity index (χ4n) is 3.93. The van der Waals surface area contributed by atoms with Crippen molar-refractivity contribution in [1.82, 2.24) is 0 Å². The number of hydrogen-bond donors (Lipinski definition) is 0. The van der Waals surface area contributed by atoms with E-state index in [2.05, 4.69) is 13.0 Å². The van der Waals surface area contributed by atoms with Gasteiger partial charge in [0.25, 0.3) is 0 Å². The molecule has 4 rings (SSSR count). The van der Waals surface area contributed by atoms with Gasteiger partial charge in [0.05, 0.1) is 12.7 Å². The molecule has 152 valence electrons. The number of halogens is 1. The van der Waals surface area contributed by atoms with E-state index in [0.29, 0.717) is 22.5 Å². The third-order valence-corrected chi connectivity index (χ3v) is 5.40. The van der Waals surface area contributed by atoms with Crippen LogP contribution >= 0.6 is 0 Å². The fourth-order valence-corrected chi connectivity index (χ4v) is 3.93. The Kier molecular flexibility index (Phi) is 5.40. The van der Waals surface area contributed by atoms with Crippen molar-refractivity contribution in [1.29, 1.82) is 0 Å². The molecule has 4 heteroatoms. The zero-order chi connectivity index (χ0) is 21.3. The van der Waals surface area contributed by atoms with Crippen molar-refractivity contribution in [2.24, 2.45) is 0 Å². The number of carbonyl (C=O) groups is 1. The number of hydrogen-bond acceptors (Lipinski definition) is 3. The average molecular weight is 402 g/mol. The molecule has 3 nitrogen and oxygen atoms in total. The Morgan fingerprint density at radius 2 is 1.77 bits per heavy atom. The number of fused-ring (bicyclic) bond motifs is 1. The molecule has 3 aromatic carbocycles. The number of aldehydes is 1. The predicted molar refractivity (Wildman–Crippen MR) is 118 cm³/mol. The number of carbonyl (C=O) groups excluding carboxylic acids is 1. The first-order chi connectivity index (χ1) is 14.5. The SMILES string of the molecule is CCCc1cc2oc(-c3ccc(F)cc3)c(C=O)c2cc1-c1ccc(OC)c(C)c1. The molecule has 0 fully saturated rings. The molecule has 0 atom stereocenters. The number of aryl methyl sites for hydroxylation is 2. The highest BCUT2D eigenvalue weighted by atomic mass is 19.1. The van der Waals surface area contributed by atoms with Crippen molar-refractivity contribution in [2.45, 2.75) is 26.7 Å². The molecule has 0 aliphatic carbocycles. The molecular formula is C26H23FO3. The molecule has 0 aliphatic rings. The van der Waals surface area contributed by atoms with E-state index in [1.165, 1.54) is 12.1 Å². The van der Waals surface area contributed by atoms with E-state index < -0.39 is 0 Å². The maximum atomic E-state index is 13.3. The molecular weight excluding hydrogens is 379 g/mol. The van der Waals surface area contributed by atoms with Gasteiger partial charge < -0.3 is 9.15 Å². The van der Waals surface area contributed by atoms with Gasteiger partial charge in [-0.3, -0.25) is 4.79 Å². The highest BCUT2D eigenvalue weighted by Gasteiger charge is 2.19. The van der Waals surface area contributed by atoms with Crippen LogP contribution in [0.5, 0.6) is 5.75 Å². The fraction of sp³-hybridized carbons (Fsp3) is 0.192. The third kappa shape index (κ3) is 3.50. The largest absolute Gasteiger partial charge is 0.496 e. The van der Waals surface area contributed by atoms with E-state index in [1.54, 1.807) is 19.2 Å². The quantitative estimate of drug-likeness (QED) is 0.326. The number of methoxy groups -OCH3 is 1. The molecule has 0 saturated carbocycles. The second-order valence-electron chi connectivity index (χ2n) is 7.41. The third-order valence-electron chi connectivity index (χ3n) is 5.40. The molecule has 0 spiro atoms. The number of rotatable bonds is 6. The van der Waals surface area contributed by atoms with Crippen LogP contribution in [0.3, 0.4) is 0 Å². The summed E-state index contributed by atoms with van der Waals surface area (Å²) in [7, 11) is 1.66. The van der Waals surface area contributed by atoms with Gasteiger partial charge in [-0.2, -0.15) is 0 Å². The summed E-state index contributed by atoms with van der Waals surface area (Å²) in [6.07, 6.45) is 2.69. The van der Waals surface area contributed by atoms with Crippen molar-refractivity contribution >= 4 is 17.3 Å². The topological polar surface area (TPSA) is 39.4 Å². The predicted octanol–water partition coefficient (Wildman–Crippen LogP) is 6.99. The minimum atomic E-state index is -0.329. The molecule has 1 heterocycles. The standard InChI is InChI=1S/C26H23FO3/c1-4-5-18-13-25-22(14-21(18)19-8-11-24(29-3)16(2)12-19)23(15-28)26(30-25)17-6-9-20(27)10-7-17/h6-15H,4-5H2,1-3H3. The van der Waals surface area contributed by atoms with E-state index >= 15 is 0 Å². The van der Waals surface area contributed by atoms with Gasteiger partial charge in [0, 0.05) is 10.9 Å². The molecule has 4 aromatic rings. The van der Waals surface area contributed by atoms with Gasteiger partial charge in [-0.15, -0.1) is 0 Å². The lowest BCUT2D eigenvalue weighted by molar-refractivity contribution is 0.112. The second-order valence-corrected chi connectivity index (χ2v) is 7.41. The Hall–Kier alpha value is -3.40. The van der Waals surface area contributed by atoms with E-state index in [0.717, 1.165) is 52.5 Å². The Bertz CT molecular complexity index is 1220. The maximum absolute atomic E-state index is 13.3. The number of furan rings is 1. The molecule has 0 N–H and O–H groups in total. The zero-order valence-electron chi connectivity index (χ0n) is 17.3. The highest BCUT2D eigenvalue weighted by molar-refractivity contribution is 6.04. The molecule has 0 amide bonds. The molecule has 0 radical (unpaired) electrons. The lowest BCUT2D eigenvalue weighted by atomic mass is 9.93. The smallest absolute Gasteiger partial charge is 0.154 e. The summed E-state index contributed by atoms with van der Waals surface area (Å²) in [5.74, 6) is 0.975. The summed E-state index contributed by atoms with van der Waals surface area (Å²) in [6, 6.07) is 16.1. The number of ether oxygens (including phenoxy) is 1. The van der Waals surface area contributed by atoms with Gasteiger partial charge >= 0.3 is 0 Å². The van der Waals surface area contributed by atoms with Gasteiger partial charge in [-0.1, -0.05) is 19.4 Å². The second kappa shape index (κ2) is 8.15. The average Bonchev–Trinajstić information content (AvgIpc) is 3.11. The first kappa shape index (κ1) is 19.9. The van der Waals surface area contributed by atoms with Crippen molar-refractivity contribution in [3.63, 3.8) is 0 Å². The van der Waals surface area contributed by atoms with E-state index in [-0.39, 0.29) is 5.82 Å². The number of benzene rings is 3. The summed E-state index contributed by atoms with van der Waals surface area (Å²) >= 11 is 0. The molecule has 0 saturated heterocycles. The van der Waals surface area contributed by atoms with Crippen molar-refractivity contribution in [3.05, 3.63) is 77.1 Å². The van der Waals surface area contributed by atoms with Gasteiger partial charge in [-0.05, 0) is 84.1 Å². The van der Waals surface area contributed by atoms with Crippen LogP contribution in [-0.4, -0.2) is 13.4 Å². The minimum absolute atomic E-state index is 0.329. The van der Waals surface area contributed by atoms with Crippen LogP contribution in [0, 0.1) is 12.7 Å². The van der Waals surface area contributed by atoms with Crippen LogP contribution in [0.2, 0.25) is 0 Å². The summed E-state index contributed by atoms with van der Waals surface area (Å²) in [4.78, 5) is 12.0. The molecule has 30 heavy (non-hydrogen) atoms. The first-order valence-corrected chi connectivity index (χ1v) is 10.0. The van der Waals surface area contributed by atoms with Gasteiger partial charge in [-0.25, -0.2) is 4.39 Å². The molecule has 1 aromatic heterocycles. The van der Waals surface area contributed by atoms with Gasteiger partial charge in [0.2, 0.25) is 0 Å². The first-order valence-electron chi connectivity index (χ1n) is 10.0. The van der Waals surface area contributed by atoms with Crippen molar-refractivity contribution < 1.29 is 18.3 Å². The molecule has 0 bridgehead atoms. The van der Waals surface area contributed by atoms with Crippen LogP contribution < -0.4 is 4.74 Å². The van der Waals surface area contributed by atoms with Crippen LogP contribution in [0.15, 0.2) is 59.0 Å². The summed E-state index contributed by atoms with van der Waals surface area (Å²) in [6.45, 7) is 4.15.